The van der Waals surface area contributed by atoms with E-state index in [0.29, 0.717) is 17.4 Å². The fraction of sp³-hybridized carbons (Fsp3) is 0.421. The molecule has 160 valence electrons. The highest BCUT2D eigenvalue weighted by atomic mass is 32.2. The lowest BCUT2D eigenvalue weighted by Crippen LogP contribution is -2.41. The number of alkyl halides is 5. The van der Waals surface area contributed by atoms with Gasteiger partial charge in [0.2, 0.25) is 5.88 Å². The molecule has 3 aromatic heterocycles. The molecule has 30 heavy (non-hydrogen) atoms. The Morgan fingerprint density at radius 1 is 1.13 bits per heavy atom. The molecule has 1 aliphatic rings. The average Bonchev–Trinajstić information content (AvgIpc) is 3.45. The van der Waals surface area contributed by atoms with Crippen molar-refractivity contribution < 1.29 is 26.7 Å². The molecule has 0 atom stereocenters. The molecule has 0 saturated heterocycles. The molecule has 3 heterocycles. The summed E-state index contributed by atoms with van der Waals surface area (Å²) in [5, 5.41) is 0. The van der Waals surface area contributed by atoms with E-state index < -0.39 is 18.7 Å². The standard InChI is InChI=1S/C19H17F5N4OS/c1-2-30-14-7-12(11-3-4-11)8-26-15(14)16-27-9-13-17(25-5-6-28(13)16)29-10-18(20,21)19(22,23)24/h5-9,11H,2-4,10H2,1H3. The van der Waals surface area contributed by atoms with Gasteiger partial charge >= 0.3 is 12.1 Å². The predicted octanol–water partition coefficient (Wildman–Crippen LogP) is 5.36. The van der Waals surface area contributed by atoms with Crippen molar-refractivity contribution in [2.75, 3.05) is 12.4 Å². The van der Waals surface area contributed by atoms with E-state index in [1.165, 1.54) is 23.0 Å². The van der Waals surface area contributed by atoms with E-state index in [9.17, 15) is 22.0 Å². The van der Waals surface area contributed by atoms with Crippen molar-refractivity contribution in [3.63, 3.8) is 0 Å². The zero-order valence-electron chi connectivity index (χ0n) is 15.8. The fourth-order valence-corrected chi connectivity index (χ4v) is 3.78. The quantitative estimate of drug-likeness (QED) is 0.363. The minimum absolute atomic E-state index is 0.172. The van der Waals surface area contributed by atoms with Gasteiger partial charge in [-0.05, 0) is 36.1 Å². The zero-order valence-corrected chi connectivity index (χ0v) is 16.6. The van der Waals surface area contributed by atoms with E-state index in [2.05, 4.69) is 21.0 Å². The van der Waals surface area contributed by atoms with Gasteiger partial charge in [0.15, 0.2) is 12.4 Å². The van der Waals surface area contributed by atoms with Crippen LogP contribution in [0.2, 0.25) is 0 Å². The lowest BCUT2D eigenvalue weighted by Gasteiger charge is -2.19. The van der Waals surface area contributed by atoms with Crippen molar-refractivity contribution in [3.05, 3.63) is 36.4 Å². The van der Waals surface area contributed by atoms with Gasteiger partial charge in [-0.3, -0.25) is 9.38 Å². The minimum Gasteiger partial charge on any atom is -0.469 e. The minimum atomic E-state index is -5.71. The second-order valence-electron chi connectivity index (χ2n) is 6.88. The molecule has 0 unspecified atom stereocenters. The number of nitrogens with zero attached hydrogens (tertiary/aromatic N) is 4. The third-order valence-corrected chi connectivity index (χ3v) is 5.57. The van der Waals surface area contributed by atoms with E-state index in [1.807, 2.05) is 6.92 Å². The number of halogens is 5. The van der Waals surface area contributed by atoms with Crippen molar-refractivity contribution in [3.8, 4) is 17.4 Å². The molecule has 0 bridgehead atoms. The maximum Gasteiger partial charge on any atom is 0.456 e. The fourth-order valence-electron chi connectivity index (χ4n) is 2.96. The number of ether oxygens (including phenoxy) is 1. The number of rotatable bonds is 7. The van der Waals surface area contributed by atoms with E-state index in [4.69, 9.17) is 4.74 Å². The Labute approximate surface area is 172 Å². The molecular formula is C19H17F5N4OS. The summed E-state index contributed by atoms with van der Waals surface area (Å²) in [6.45, 7) is 0.146. The summed E-state index contributed by atoms with van der Waals surface area (Å²) in [7, 11) is 0. The summed E-state index contributed by atoms with van der Waals surface area (Å²) in [5.74, 6) is -3.58. The van der Waals surface area contributed by atoms with E-state index in [0.717, 1.165) is 29.1 Å². The van der Waals surface area contributed by atoms with Gasteiger partial charge < -0.3 is 4.74 Å². The zero-order chi connectivity index (χ0) is 21.5. The van der Waals surface area contributed by atoms with Crippen LogP contribution in [0.4, 0.5) is 22.0 Å². The summed E-state index contributed by atoms with van der Waals surface area (Å²) in [4.78, 5) is 13.6. The number of pyridine rings is 1. The highest BCUT2D eigenvalue weighted by Crippen LogP contribution is 2.42. The number of hydrogen-bond donors (Lipinski definition) is 0. The first-order valence-corrected chi connectivity index (χ1v) is 10.2. The summed E-state index contributed by atoms with van der Waals surface area (Å²) in [6, 6.07) is 2.08. The molecule has 0 radical (unpaired) electrons. The van der Waals surface area contributed by atoms with E-state index in [1.54, 1.807) is 18.0 Å². The third-order valence-electron chi connectivity index (χ3n) is 4.66. The number of fused-ring (bicyclic) bond motifs is 1. The Bertz CT molecular complexity index is 1060. The summed E-state index contributed by atoms with van der Waals surface area (Å²) < 4.78 is 69.9. The second-order valence-corrected chi connectivity index (χ2v) is 8.19. The predicted molar refractivity (Wildman–Crippen MR) is 101 cm³/mol. The summed E-state index contributed by atoms with van der Waals surface area (Å²) in [5.41, 5.74) is 1.94. The largest absolute Gasteiger partial charge is 0.469 e. The van der Waals surface area contributed by atoms with Crippen LogP contribution in [-0.4, -0.2) is 43.8 Å². The molecule has 1 saturated carbocycles. The molecule has 0 spiro atoms. The molecule has 0 aliphatic heterocycles. The van der Waals surface area contributed by atoms with Crippen LogP contribution < -0.4 is 4.74 Å². The van der Waals surface area contributed by atoms with Crippen LogP contribution in [0.3, 0.4) is 0 Å². The smallest absolute Gasteiger partial charge is 0.456 e. The Hall–Kier alpha value is -2.43. The lowest BCUT2D eigenvalue weighted by molar-refractivity contribution is -0.290. The van der Waals surface area contributed by atoms with Crippen LogP contribution in [0.1, 0.15) is 31.2 Å². The Morgan fingerprint density at radius 3 is 2.57 bits per heavy atom. The summed E-state index contributed by atoms with van der Waals surface area (Å²) >= 11 is 1.60. The monoisotopic (exact) mass is 444 g/mol. The molecule has 1 fully saturated rings. The first-order chi connectivity index (χ1) is 14.2. The molecule has 0 amide bonds. The van der Waals surface area contributed by atoms with Crippen molar-refractivity contribution in [2.45, 2.75) is 42.7 Å². The molecule has 0 aromatic carbocycles. The van der Waals surface area contributed by atoms with E-state index in [-0.39, 0.29) is 11.4 Å². The SMILES string of the molecule is CCSc1cc(C2CC2)cnc1-c1ncc2c(OCC(F)(F)C(F)(F)F)nccn12. The molecular weight excluding hydrogens is 427 g/mol. The van der Waals surface area contributed by atoms with E-state index >= 15 is 0 Å². The van der Waals surface area contributed by atoms with Gasteiger partial charge in [-0.15, -0.1) is 11.8 Å². The molecule has 5 nitrogen and oxygen atoms in total. The van der Waals surface area contributed by atoms with Crippen LogP contribution >= 0.6 is 11.8 Å². The van der Waals surface area contributed by atoms with Crippen LogP contribution in [0.5, 0.6) is 5.88 Å². The number of thioether (sulfide) groups is 1. The number of imidazole rings is 1. The van der Waals surface area contributed by atoms with Gasteiger partial charge in [-0.25, -0.2) is 9.97 Å². The lowest BCUT2D eigenvalue weighted by atomic mass is 10.2. The van der Waals surface area contributed by atoms with Crippen molar-refractivity contribution in [1.29, 1.82) is 0 Å². The maximum atomic E-state index is 13.2. The van der Waals surface area contributed by atoms with Crippen molar-refractivity contribution >= 4 is 17.3 Å². The maximum absolute atomic E-state index is 13.2. The molecule has 1 aliphatic carbocycles. The molecule has 11 heteroatoms. The van der Waals surface area contributed by atoms with Crippen molar-refractivity contribution in [1.82, 2.24) is 19.4 Å². The van der Waals surface area contributed by atoms with Gasteiger partial charge in [0, 0.05) is 23.5 Å². The highest BCUT2D eigenvalue weighted by molar-refractivity contribution is 7.99. The van der Waals surface area contributed by atoms with Gasteiger partial charge in [-0.1, -0.05) is 6.92 Å². The first kappa shape index (κ1) is 20.8. The third kappa shape index (κ3) is 3.94. The number of hydrogen-bond acceptors (Lipinski definition) is 5. The van der Waals surface area contributed by atoms with Gasteiger partial charge in [0.05, 0.1) is 6.20 Å². The van der Waals surface area contributed by atoms with Crippen molar-refractivity contribution in [2.24, 2.45) is 0 Å². The average molecular weight is 444 g/mol. The Balaban J connectivity index is 1.68. The van der Waals surface area contributed by atoms with Gasteiger partial charge in [0.1, 0.15) is 11.2 Å². The van der Waals surface area contributed by atoms with Crippen LogP contribution in [0.25, 0.3) is 17.0 Å². The Morgan fingerprint density at radius 2 is 1.90 bits per heavy atom. The molecule has 4 rings (SSSR count). The van der Waals surface area contributed by atoms with Gasteiger partial charge in [-0.2, -0.15) is 22.0 Å². The molecule has 0 N–H and O–H groups in total. The second kappa shape index (κ2) is 7.68. The highest BCUT2D eigenvalue weighted by Gasteiger charge is 2.58. The number of aromatic nitrogens is 4. The normalized spacial score (nSPS) is 15.0. The van der Waals surface area contributed by atoms with Crippen LogP contribution in [0, 0.1) is 0 Å². The van der Waals surface area contributed by atoms with Gasteiger partial charge in [0.25, 0.3) is 0 Å². The van der Waals surface area contributed by atoms with Crippen LogP contribution in [0.15, 0.2) is 35.7 Å². The molecule has 3 aromatic rings. The summed E-state index contributed by atoms with van der Waals surface area (Å²) in [6.07, 6.45) is 2.48. The first-order valence-electron chi connectivity index (χ1n) is 9.24. The van der Waals surface area contributed by atoms with Crippen LogP contribution in [-0.2, 0) is 0 Å². The Kier molecular flexibility index (Phi) is 5.33. The topological polar surface area (TPSA) is 52.3 Å².